The molecule has 0 aromatic carbocycles. The summed E-state index contributed by atoms with van der Waals surface area (Å²) >= 11 is 0. The fourth-order valence-corrected chi connectivity index (χ4v) is 7.24. The minimum atomic E-state index is -0.869. The Hall–Kier alpha value is -1.66. The standard InChI is InChI=1S/C24H34O6/c1-8-29-18-11-15-13(3)20(28-7)19(25)21-23(15,4)17(30-18)10-14-12(2)9-16(27-6)22(26)24(14,21)5/h9,12,14-15,17-18,21H,8,10-11H2,1-7H3. The predicted octanol–water partition coefficient (Wildman–Crippen LogP) is 3.66. The highest BCUT2D eigenvalue weighted by molar-refractivity contribution is 6.07. The van der Waals surface area contributed by atoms with E-state index in [0.29, 0.717) is 31.0 Å². The first kappa shape index (κ1) is 21.6. The second kappa shape index (κ2) is 7.20. The van der Waals surface area contributed by atoms with Crippen molar-refractivity contribution in [2.75, 3.05) is 20.8 Å². The maximum Gasteiger partial charge on any atom is 0.203 e. The average Bonchev–Trinajstić information content (AvgIpc) is 2.69. The van der Waals surface area contributed by atoms with Crippen molar-refractivity contribution in [3.8, 4) is 0 Å². The van der Waals surface area contributed by atoms with Gasteiger partial charge >= 0.3 is 0 Å². The van der Waals surface area contributed by atoms with E-state index in [-0.39, 0.29) is 41.7 Å². The summed E-state index contributed by atoms with van der Waals surface area (Å²) in [5.74, 6) is 0.183. The Labute approximate surface area is 179 Å². The van der Waals surface area contributed by atoms with Gasteiger partial charge in [-0.05, 0) is 49.7 Å². The van der Waals surface area contributed by atoms with Crippen molar-refractivity contribution in [2.45, 2.75) is 59.9 Å². The topological polar surface area (TPSA) is 71.1 Å². The third-order valence-corrected chi connectivity index (χ3v) is 8.55. The van der Waals surface area contributed by atoms with E-state index in [0.717, 1.165) is 5.57 Å². The molecule has 1 saturated carbocycles. The SMILES string of the molecule is CCOC1CC2C(C)=C(OC)C(=O)C3C4(C)C(=O)C(OC)=CC(C)C4CC(O1)C23C. The molecule has 30 heavy (non-hydrogen) atoms. The normalized spacial score (nSPS) is 45.5. The highest BCUT2D eigenvalue weighted by atomic mass is 16.7. The Bertz CT molecular complexity index is 828. The molecule has 0 aromatic rings. The maximum atomic E-state index is 13.9. The molecule has 0 amide bonds. The number of Topliss-reactive ketones (excluding diaryl/α,β-unsaturated/α-hetero) is 2. The molecule has 0 bridgehead atoms. The number of rotatable bonds is 4. The van der Waals surface area contributed by atoms with Gasteiger partial charge in [-0.1, -0.05) is 20.8 Å². The molecular weight excluding hydrogens is 384 g/mol. The van der Waals surface area contributed by atoms with Gasteiger partial charge in [-0.3, -0.25) is 9.59 Å². The number of ether oxygens (including phenoxy) is 4. The van der Waals surface area contributed by atoms with Crippen LogP contribution in [-0.4, -0.2) is 44.8 Å². The molecule has 2 fully saturated rings. The number of ketones is 2. The van der Waals surface area contributed by atoms with E-state index in [2.05, 4.69) is 13.8 Å². The number of hydrogen-bond donors (Lipinski definition) is 0. The molecule has 166 valence electrons. The first-order valence-corrected chi connectivity index (χ1v) is 11.0. The van der Waals surface area contributed by atoms with Crippen LogP contribution in [0.3, 0.4) is 0 Å². The first-order valence-electron chi connectivity index (χ1n) is 11.0. The monoisotopic (exact) mass is 418 g/mol. The van der Waals surface area contributed by atoms with Gasteiger partial charge in [0.15, 0.2) is 17.8 Å². The summed E-state index contributed by atoms with van der Waals surface area (Å²) in [7, 11) is 3.07. The van der Waals surface area contributed by atoms with Gasteiger partial charge in [0.1, 0.15) is 0 Å². The van der Waals surface area contributed by atoms with Gasteiger partial charge in [0.25, 0.3) is 0 Å². The number of carbonyl (C=O) groups is 2. The lowest BCUT2D eigenvalue weighted by Crippen LogP contribution is -2.69. The van der Waals surface area contributed by atoms with Gasteiger partial charge < -0.3 is 18.9 Å². The minimum Gasteiger partial charge on any atom is -0.493 e. The summed E-state index contributed by atoms with van der Waals surface area (Å²) in [5.41, 5.74) is -0.430. The highest BCUT2D eigenvalue weighted by Crippen LogP contribution is 2.67. The van der Waals surface area contributed by atoms with E-state index < -0.39 is 16.7 Å². The zero-order chi connectivity index (χ0) is 22.0. The summed E-state index contributed by atoms with van der Waals surface area (Å²) in [6, 6.07) is 0. The summed E-state index contributed by atoms with van der Waals surface area (Å²) in [6.07, 6.45) is 2.79. The number of hydrogen-bond acceptors (Lipinski definition) is 6. The van der Waals surface area contributed by atoms with Crippen LogP contribution in [0.15, 0.2) is 23.2 Å². The predicted molar refractivity (Wildman–Crippen MR) is 110 cm³/mol. The molecule has 4 aliphatic rings. The van der Waals surface area contributed by atoms with E-state index in [1.807, 2.05) is 26.8 Å². The number of allylic oxidation sites excluding steroid dienone is 4. The van der Waals surface area contributed by atoms with Gasteiger partial charge in [-0.25, -0.2) is 0 Å². The van der Waals surface area contributed by atoms with Crippen LogP contribution in [-0.2, 0) is 28.5 Å². The Balaban J connectivity index is 1.93. The molecule has 0 radical (unpaired) electrons. The second-order valence-electron chi connectivity index (χ2n) is 9.73. The minimum absolute atomic E-state index is 0.0199. The van der Waals surface area contributed by atoms with Gasteiger partial charge in [0.2, 0.25) is 11.6 Å². The van der Waals surface area contributed by atoms with Crippen LogP contribution in [0.4, 0.5) is 0 Å². The van der Waals surface area contributed by atoms with Gasteiger partial charge in [-0.15, -0.1) is 0 Å². The lowest BCUT2D eigenvalue weighted by Gasteiger charge is -2.65. The summed E-state index contributed by atoms with van der Waals surface area (Å²) < 4.78 is 23.4. The Morgan fingerprint density at radius 3 is 2.47 bits per heavy atom. The van der Waals surface area contributed by atoms with Gasteiger partial charge in [-0.2, -0.15) is 0 Å². The molecule has 0 aromatic heterocycles. The van der Waals surface area contributed by atoms with Crippen LogP contribution in [0.5, 0.6) is 0 Å². The molecule has 6 heteroatoms. The molecule has 8 atom stereocenters. The smallest absolute Gasteiger partial charge is 0.203 e. The molecule has 0 N–H and O–H groups in total. The van der Waals surface area contributed by atoms with Crippen molar-refractivity contribution in [3.63, 3.8) is 0 Å². The van der Waals surface area contributed by atoms with Gasteiger partial charge in [0, 0.05) is 29.8 Å². The van der Waals surface area contributed by atoms with Crippen LogP contribution >= 0.6 is 0 Å². The van der Waals surface area contributed by atoms with Gasteiger partial charge in [0.05, 0.1) is 20.3 Å². The van der Waals surface area contributed by atoms with E-state index in [1.165, 1.54) is 7.11 Å². The van der Waals surface area contributed by atoms with E-state index in [9.17, 15) is 9.59 Å². The lowest BCUT2D eigenvalue weighted by molar-refractivity contribution is -0.284. The fraction of sp³-hybridized carbons (Fsp3) is 0.750. The Kier molecular flexibility index (Phi) is 5.17. The molecular formula is C24H34O6. The third kappa shape index (κ3) is 2.56. The largest absolute Gasteiger partial charge is 0.493 e. The molecule has 1 saturated heterocycles. The molecule has 1 aliphatic heterocycles. The lowest BCUT2D eigenvalue weighted by atomic mass is 9.40. The number of fused-ring (bicyclic) bond motifs is 2. The molecule has 6 nitrogen and oxygen atoms in total. The number of methoxy groups -OCH3 is 2. The Morgan fingerprint density at radius 2 is 1.87 bits per heavy atom. The molecule has 4 rings (SSSR count). The zero-order valence-corrected chi connectivity index (χ0v) is 19.1. The summed E-state index contributed by atoms with van der Waals surface area (Å²) in [5, 5.41) is 0. The fourth-order valence-electron chi connectivity index (χ4n) is 7.24. The molecule has 3 aliphatic carbocycles. The number of carbonyl (C=O) groups excluding carboxylic acids is 2. The Morgan fingerprint density at radius 1 is 1.17 bits per heavy atom. The van der Waals surface area contributed by atoms with E-state index in [4.69, 9.17) is 18.9 Å². The van der Waals surface area contributed by atoms with E-state index >= 15 is 0 Å². The van der Waals surface area contributed by atoms with Crippen molar-refractivity contribution < 1.29 is 28.5 Å². The van der Waals surface area contributed by atoms with Crippen molar-refractivity contribution in [2.24, 2.45) is 34.5 Å². The van der Waals surface area contributed by atoms with Crippen LogP contribution in [0.2, 0.25) is 0 Å². The molecule has 0 spiro atoms. The van der Waals surface area contributed by atoms with E-state index in [1.54, 1.807) is 7.11 Å². The van der Waals surface area contributed by atoms with Crippen LogP contribution in [0, 0.1) is 34.5 Å². The van der Waals surface area contributed by atoms with Crippen molar-refractivity contribution >= 4 is 11.6 Å². The quantitative estimate of drug-likeness (QED) is 0.694. The van der Waals surface area contributed by atoms with Crippen LogP contribution < -0.4 is 0 Å². The van der Waals surface area contributed by atoms with Crippen molar-refractivity contribution in [1.82, 2.24) is 0 Å². The average molecular weight is 419 g/mol. The van der Waals surface area contributed by atoms with Crippen molar-refractivity contribution in [1.29, 1.82) is 0 Å². The second-order valence-corrected chi connectivity index (χ2v) is 9.73. The van der Waals surface area contributed by atoms with Crippen LogP contribution in [0.1, 0.15) is 47.5 Å². The highest BCUT2D eigenvalue weighted by Gasteiger charge is 2.71. The summed E-state index contributed by atoms with van der Waals surface area (Å²) in [4.78, 5) is 27.6. The third-order valence-electron chi connectivity index (χ3n) is 8.55. The van der Waals surface area contributed by atoms with Crippen LogP contribution in [0.25, 0.3) is 0 Å². The van der Waals surface area contributed by atoms with Crippen molar-refractivity contribution in [3.05, 3.63) is 23.2 Å². The molecule has 8 unspecified atom stereocenters. The first-order chi connectivity index (χ1) is 14.2. The zero-order valence-electron chi connectivity index (χ0n) is 19.1. The molecule has 1 heterocycles. The maximum absolute atomic E-state index is 13.9. The summed E-state index contributed by atoms with van der Waals surface area (Å²) in [6.45, 7) is 10.7.